The summed E-state index contributed by atoms with van der Waals surface area (Å²) in [4.78, 5) is 23.0. The van der Waals surface area contributed by atoms with E-state index < -0.39 is 18.2 Å². The Balaban J connectivity index is 2.46. The zero-order chi connectivity index (χ0) is 10.8. The zero-order valence-corrected chi connectivity index (χ0v) is 7.80. The van der Waals surface area contributed by atoms with E-state index in [-0.39, 0.29) is 17.7 Å². The molecule has 0 amide bonds. The van der Waals surface area contributed by atoms with Crippen molar-refractivity contribution in [3.8, 4) is 0 Å². The minimum Gasteiger partial charge on any atom is -0.457 e. The van der Waals surface area contributed by atoms with Crippen LogP contribution in [0.5, 0.6) is 0 Å². The molecule has 5 heteroatoms. The van der Waals surface area contributed by atoms with E-state index in [1.165, 1.54) is 12.1 Å². The molecule has 1 aromatic rings. The maximum Gasteiger partial charge on any atom is 0.340 e. The number of carbonyl (C=O) groups excluding carboxylic acids is 2. The van der Waals surface area contributed by atoms with Crippen LogP contribution in [0.15, 0.2) is 24.3 Å². The summed E-state index contributed by atoms with van der Waals surface area (Å²) in [6.07, 6.45) is -0.908. The predicted molar refractivity (Wildman–Crippen MR) is 50.1 cm³/mol. The van der Waals surface area contributed by atoms with Gasteiger partial charge in [-0.3, -0.25) is 5.73 Å². The fourth-order valence-electron chi connectivity index (χ4n) is 1.31. The summed E-state index contributed by atoms with van der Waals surface area (Å²) in [5, 5.41) is 0. The first kappa shape index (κ1) is 9.67. The Bertz CT molecular complexity index is 416. The first-order valence-corrected chi connectivity index (χ1v) is 4.41. The van der Waals surface area contributed by atoms with Gasteiger partial charge in [-0.05, 0) is 12.1 Å². The minimum absolute atomic E-state index is 0.126. The van der Waals surface area contributed by atoms with Crippen LogP contribution in [0.1, 0.15) is 20.7 Å². The fourth-order valence-corrected chi connectivity index (χ4v) is 1.31. The average molecular weight is 207 g/mol. The van der Waals surface area contributed by atoms with Crippen molar-refractivity contribution in [1.82, 2.24) is 0 Å². The number of carbonyl (C=O) groups is 2. The van der Waals surface area contributed by atoms with Crippen molar-refractivity contribution >= 4 is 11.9 Å². The van der Waals surface area contributed by atoms with E-state index in [4.69, 9.17) is 15.2 Å². The lowest BCUT2D eigenvalue weighted by Gasteiger charge is -2.18. The molecule has 0 aliphatic carbocycles. The van der Waals surface area contributed by atoms with E-state index in [9.17, 15) is 9.59 Å². The highest BCUT2D eigenvalue weighted by molar-refractivity contribution is 6.03. The quantitative estimate of drug-likeness (QED) is 0.619. The third-order valence-corrected chi connectivity index (χ3v) is 2.00. The molecular formula is C10H9NO4. The minimum atomic E-state index is -0.908. The van der Waals surface area contributed by atoms with Gasteiger partial charge in [0.15, 0.2) is 6.23 Å². The van der Waals surface area contributed by atoms with Crippen molar-refractivity contribution in [2.45, 2.75) is 6.23 Å². The van der Waals surface area contributed by atoms with Crippen molar-refractivity contribution in [3.05, 3.63) is 35.4 Å². The van der Waals surface area contributed by atoms with Crippen molar-refractivity contribution in [3.63, 3.8) is 0 Å². The summed E-state index contributed by atoms with van der Waals surface area (Å²) in [5.41, 5.74) is 5.78. The van der Waals surface area contributed by atoms with E-state index in [1.54, 1.807) is 12.1 Å². The summed E-state index contributed by atoms with van der Waals surface area (Å²) in [6, 6.07) is 6.29. The number of nitrogens with two attached hydrogens (primary N) is 1. The summed E-state index contributed by atoms with van der Waals surface area (Å²) >= 11 is 0. The lowest BCUT2D eigenvalue weighted by atomic mass is 10.1. The molecule has 0 saturated carbocycles. The van der Waals surface area contributed by atoms with Crippen LogP contribution in [0.4, 0.5) is 0 Å². The molecular weight excluding hydrogens is 198 g/mol. The van der Waals surface area contributed by atoms with Crippen molar-refractivity contribution in [2.75, 3.05) is 6.61 Å². The second-order valence-electron chi connectivity index (χ2n) is 3.09. The van der Waals surface area contributed by atoms with Crippen molar-refractivity contribution < 1.29 is 19.1 Å². The second kappa shape index (κ2) is 3.70. The summed E-state index contributed by atoms with van der Waals surface area (Å²) in [5.74, 6) is -1.16. The number of hydrogen-bond acceptors (Lipinski definition) is 5. The van der Waals surface area contributed by atoms with E-state index >= 15 is 0 Å². The van der Waals surface area contributed by atoms with Gasteiger partial charge in [-0.2, -0.15) is 0 Å². The maximum absolute atomic E-state index is 11.5. The molecule has 0 saturated heterocycles. The van der Waals surface area contributed by atoms with Gasteiger partial charge in [0.05, 0.1) is 11.1 Å². The number of cyclic esters (lactones) is 2. The molecule has 1 atom stereocenters. The Morgan fingerprint density at radius 2 is 1.73 bits per heavy atom. The molecule has 1 unspecified atom stereocenters. The van der Waals surface area contributed by atoms with Gasteiger partial charge in [0.2, 0.25) is 0 Å². The molecule has 15 heavy (non-hydrogen) atoms. The van der Waals surface area contributed by atoms with Gasteiger partial charge in [0.25, 0.3) is 0 Å². The largest absolute Gasteiger partial charge is 0.457 e. The molecule has 0 fully saturated rings. The normalized spacial score (nSPS) is 20.7. The van der Waals surface area contributed by atoms with Crippen LogP contribution in [0.2, 0.25) is 0 Å². The lowest BCUT2D eigenvalue weighted by Crippen LogP contribution is -2.35. The van der Waals surface area contributed by atoms with Gasteiger partial charge >= 0.3 is 11.9 Å². The Hall–Kier alpha value is -1.88. The SMILES string of the molecule is NC1COC(=O)c2ccccc2C(=O)O1. The molecule has 78 valence electrons. The number of rotatable bonds is 0. The van der Waals surface area contributed by atoms with Gasteiger partial charge in [-0.25, -0.2) is 9.59 Å². The summed E-state index contributed by atoms with van der Waals surface area (Å²) in [7, 11) is 0. The number of hydrogen-bond donors (Lipinski definition) is 1. The molecule has 1 aromatic carbocycles. The van der Waals surface area contributed by atoms with Gasteiger partial charge in [-0.1, -0.05) is 12.1 Å². The number of benzene rings is 1. The molecule has 5 nitrogen and oxygen atoms in total. The predicted octanol–water partition coefficient (Wildman–Crippen LogP) is 0.299. The van der Waals surface area contributed by atoms with Gasteiger partial charge in [-0.15, -0.1) is 0 Å². The fraction of sp³-hybridized carbons (Fsp3) is 0.200. The molecule has 1 heterocycles. The molecule has 2 N–H and O–H groups in total. The van der Waals surface area contributed by atoms with Crippen LogP contribution >= 0.6 is 0 Å². The Labute approximate surface area is 85.8 Å². The molecule has 1 aliphatic rings. The molecule has 0 spiro atoms. The highest BCUT2D eigenvalue weighted by Crippen LogP contribution is 2.14. The molecule has 0 bridgehead atoms. The molecule has 1 aliphatic heterocycles. The standard InChI is InChI=1S/C10H9NO4/c11-8-5-14-9(12)6-3-1-2-4-7(6)10(13)15-8/h1-4,8H,5,11H2. The molecule has 0 radical (unpaired) electrons. The lowest BCUT2D eigenvalue weighted by molar-refractivity contribution is -0.00264. The third kappa shape index (κ3) is 1.82. The average Bonchev–Trinajstić information content (AvgIpc) is 2.24. The van der Waals surface area contributed by atoms with Crippen molar-refractivity contribution in [1.29, 1.82) is 0 Å². The smallest absolute Gasteiger partial charge is 0.340 e. The van der Waals surface area contributed by atoms with Crippen LogP contribution in [0.3, 0.4) is 0 Å². The topological polar surface area (TPSA) is 78.6 Å². The van der Waals surface area contributed by atoms with Crippen LogP contribution in [-0.4, -0.2) is 24.8 Å². The summed E-state index contributed by atoms with van der Waals surface area (Å²) in [6.45, 7) is -0.126. The van der Waals surface area contributed by atoms with Crippen LogP contribution in [0.25, 0.3) is 0 Å². The Morgan fingerprint density at radius 1 is 1.13 bits per heavy atom. The number of ether oxygens (including phenoxy) is 2. The van der Waals surface area contributed by atoms with E-state index in [0.717, 1.165) is 0 Å². The monoisotopic (exact) mass is 207 g/mol. The van der Waals surface area contributed by atoms with Crippen LogP contribution in [-0.2, 0) is 9.47 Å². The van der Waals surface area contributed by atoms with E-state index in [1.807, 2.05) is 0 Å². The summed E-state index contributed by atoms with van der Waals surface area (Å²) < 4.78 is 9.66. The van der Waals surface area contributed by atoms with Gasteiger partial charge in [0.1, 0.15) is 6.61 Å². The Morgan fingerprint density at radius 3 is 2.40 bits per heavy atom. The van der Waals surface area contributed by atoms with Crippen LogP contribution in [0, 0.1) is 0 Å². The maximum atomic E-state index is 11.5. The first-order valence-electron chi connectivity index (χ1n) is 4.41. The highest BCUT2D eigenvalue weighted by atomic mass is 16.6. The first-order chi connectivity index (χ1) is 7.18. The highest BCUT2D eigenvalue weighted by Gasteiger charge is 2.24. The Kier molecular flexibility index (Phi) is 2.39. The zero-order valence-electron chi connectivity index (χ0n) is 7.80. The number of esters is 2. The van der Waals surface area contributed by atoms with Gasteiger partial charge in [0, 0.05) is 0 Å². The molecule has 0 aromatic heterocycles. The van der Waals surface area contributed by atoms with E-state index in [0.29, 0.717) is 0 Å². The van der Waals surface area contributed by atoms with Crippen molar-refractivity contribution in [2.24, 2.45) is 5.73 Å². The number of fused-ring (bicyclic) bond motifs is 1. The van der Waals surface area contributed by atoms with Crippen LogP contribution < -0.4 is 5.73 Å². The van der Waals surface area contributed by atoms with E-state index in [2.05, 4.69) is 0 Å². The van der Waals surface area contributed by atoms with Gasteiger partial charge < -0.3 is 9.47 Å². The second-order valence-corrected chi connectivity index (χ2v) is 3.09. The molecule has 2 rings (SSSR count). The third-order valence-electron chi connectivity index (χ3n) is 2.00.